The quantitative estimate of drug-likeness (QED) is 0.816. The van der Waals surface area contributed by atoms with Crippen LogP contribution >= 0.6 is 0 Å². The van der Waals surface area contributed by atoms with E-state index in [0.29, 0.717) is 0 Å². The minimum absolute atomic E-state index is 0.0296. The van der Waals surface area contributed by atoms with Gasteiger partial charge in [0.2, 0.25) is 0 Å². The molecule has 0 radical (unpaired) electrons. The van der Waals surface area contributed by atoms with Crippen molar-refractivity contribution in [2.45, 2.75) is 45.1 Å². The van der Waals surface area contributed by atoms with E-state index in [1.165, 1.54) is 34.0 Å². The molecular formula is C18H22F2N6O2. The molecule has 2 heterocycles. The van der Waals surface area contributed by atoms with Crippen molar-refractivity contribution >= 4 is 17.6 Å². The van der Waals surface area contributed by atoms with Crippen molar-refractivity contribution in [2.24, 2.45) is 0 Å². The van der Waals surface area contributed by atoms with Crippen LogP contribution in [0, 0.1) is 5.82 Å². The van der Waals surface area contributed by atoms with E-state index in [-0.39, 0.29) is 42.8 Å². The van der Waals surface area contributed by atoms with Crippen LogP contribution in [0.3, 0.4) is 0 Å². The summed E-state index contributed by atoms with van der Waals surface area (Å²) in [4.78, 5) is 25.8. The van der Waals surface area contributed by atoms with E-state index in [9.17, 15) is 18.4 Å². The van der Waals surface area contributed by atoms with E-state index >= 15 is 0 Å². The van der Waals surface area contributed by atoms with Gasteiger partial charge in [0.15, 0.2) is 5.69 Å². The fourth-order valence-corrected chi connectivity index (χ4v) is 3.07. The van der Waals surface area contributed by atoms with Crippen molar-refractivity contribution in [3.05, 3.63) is 42.0 Å². The van der Waals surface area contributed by atoms with Crippen LogP contribution in [0.1, 0.15) is 30.8 Å². The van der Waals surface area contributed by atoms with Gasteiger partial charge in [-0.05, 0) is 26.0 Å². The Labute approximate surface area is 160 Å². The van der Waals surface area contributed by atoms with Crippen molar-refractivity contribution in [1.82, 2.24) is 25.2 Å². The van der Waals surface area contributed by atoms with Gasteiger partial charge in [0.05, 0.1) is 31.0 Å². The van der Waals surface area contributed by atoms with Gasteiger partial charge in [-0.3, -0.25) is 4.79 Å². The van der Waals surface area contributed by atoms with Gasteiger partial charge in [0, 0.05) is 12.5 Å². The van der Waals surface area contributed by atoms with Crippen molar-refractivity contribution in [1.29, 1.82) is 0 Å². The highest BCUT2D eigenvalue weighted by Crippen LogP contribution is 2.23. The highest BCUT2D eigenvalue weighted by Gasteiger charge is 2.36. The maximum atomic E-state index is 14.0. The summed E-state index contributed by atoms with van der Waals surface area (Å²) in [5.74, 6) is -0.925. The molecule has 1 aromatic heterocycles. The largest absolute Gasteiger partial charge is 0.348 e. The molecule has 1 aromatic carbocycles. The van der Waals surface area contributed by atoms with E-state index in [4.69, 9.17) is 0 Å². The number of nitrogens with one attached hydrogen (secondary N) is 2. The van der Waals surface area contributed by atoms with Gasteiger partial charge in [-0.15, -0.1) is 5.10 Å². The fourth-order valence-electron chi connectivity index (χ4n) is 3.07. The third kappa shape index (κ3) is 4.62. The minimum atomic E-state index is -1.19. The average molecular weight is 392 g/mol. The molecule has 2 atom stereocenters. The zero-order chi connectivity index (χ0) is 20.3. The lowest BCUT2D eigenvalue weighted by Crippen LogP contribution is -2.41. The summed E-state index contributed by atoms with van der Waals surface area (Å²) in [7, 11) is 0. The topological polar surface area (TPSA) is 92.2 Å². The average Bonchev–Trinajstić information content (AvgIpc) is 3.23. The maximum absolute atomic E-state index is 14.0. The third-order valence-electron chi connectivity index (χ3n) is 4.33. The number of rotatable bonds is 5. The number of hydrogen-bond acceptors (Lipinski definition) is 4. The van der Waals surface area contributed by atoms with Crippen molar-refractivity contribution in [2.75, 3.05) is 11.9 Å². The number of carbonyl (C=O) groups excluding carboxylic acids is 2. The Morgan fingerprint density at radius 3 is 2.79 bits per heavy atom. The number of benzene rings is 1. The molecule has 0 spiro atoms. The number of anilines is 1. The number of amides is 3. The Morgan fingerprint density at radius 2 is 2.07 bits per heavy atom. The number of likely N-dealkylation sites (tertiary alicyclic amines) is 1. The predicted octanol–water partition coefficient (Wildman–Crippen LogP) is 2.20. The number of para-hydroxylation sites is 1. The molecule has 10 heteroatoms. The summed E-state index contributed by atoms with van der Waals surface area (Å²) in [6, 6.07) is 4.64. The summed E-state index contributed by atoms with van der Waals surface area (Å²) in [6.07, 6.45) is 0.387. The van der Waals surface area contributed by atoms with Crippen LogP contribution in [0.5, 0.6) is 0 Å². The lowest BCUT2D eigenvalue weighted by Gasteiger charge is -2.24. The lowest BCUT2D eigenvalue weighted by molar-refractivity contribution is 0.0938. The molecule has 1 saturated heterocycles. The Hall–Kier alpha value is -3.04. The number of urea groups is 1. The molecule has 0 bridgehead atoms. The van der Waals surface area contributed by atoms with Gasteiger partial charge in [-0.2, -0.15) is 0 Å². The molecule has 1 fully saturated rings. The van der Waals surface area contributed by atoms with E-state index in [1.807, 2.05) is 13.8 Å². The second-order valence-electron chi connectivity index (χ2n) is 7.00. The van der Waals surface area contributed by atoms with Crippen LogP contribution < -0.4 is 10.6 Å². The SMILES string of the molecule is CC(C)NC(=O)c1cn(C[C@@H]2C[C@H](F)CN2C(=O)Nc2ccccc2F)nn1. The molecule has 0 aliphatic carbocycles. The summed E-state index contributed by atoms with van der Waals surface area (Å²) >= 11 is 0. The highest BCUT2D eigenvalue weighted by atomic mass is 19.1. The van der Waals surface area contributed by atoms with E-state index < -0.39 is 24.1 Å². The molecule has 0 saturated carbocycles. The van der Waals surface area contributed by atoms with Gasteiger partial charge in [0.25, 0.3) is 5.91 Å². The Morgan fingerprint density at radius 1 is 1.32 bits per heavy atom. The van der Waals surface area contributed by atoms with Crippen molar-refractivity contribution in [3.63, 3.8) is 0 Å². The molecule has 0 unspecified atom stereocenters. The van der Waals surface area contributed by atoms with Gasteiger partial charge in [0.1, 0.15) is 12.0 Å². The second kappa shape index (κ2) is 8.32. The standard InChI is InChI=1S/C18H22F2N6O2/c1-11(2)21-17(27)16-10-25(24-23-16)9-13-7-12(19)8-26(13)18(28)22-15-6-4-3-5-14(15)20/h3-6,10-13H,7-9H2,1-2H3,(H,21,27)(H,22,28)/t12-,13-/m0/s1. The van der Waals surface area contributed by atoms with Crippen LogP contribution in [-0.2, 0) is 6.54 Å². The first-order valence-electron chi connectivity index (χ1n) is 9.00. The maximum Gasteiger partial charge on any atom is 0.322 e. The highest BCUT2D eigenvalue weighted by molar-refractivity contribution is 5.92. The molecule has 28 heavy (non-hydrogen) atoms. The van der Waals surface area contributed by atoms with E-state index in [1.54, 1.807) is 6.07 Å². The normalized spacial score (nSPS) is 19.1. The monoisotopic (exact) mass is 392 g/mol. The number of alkyl halides is 1. The van der Waals surface area contributed by atoms with Crippen molar-refractivity contribution < 1.29 is 18.4 Å². The Balaban J connectivity index is 1.67. The Bertz CT molecular complexity index is 856. The summed E-state index contributed by atoms with van der Waals surface area (Å²) < 4.78 is 29.1. The van der Waals surface area contributed by atoms with E-state index in [2.05, 4.69) is 20.9 Å². The first kappa shape index (κ1) is 19.7. The third-order valence-corrected chi connectivity index (χ3v) is 4.33. The number of halogens is 2. The van der Waals surface area contributed by atoms with E-state index in [0.717, 1.165) is 0 Å². The van der Waals surface area contributed by atoms with Crippen molar-refractivity contribution in [3.8, 4) is 0 Å². The lowest BCUT2D eigenvalue weighted by atomic mass is 10.2. The summed E-state index contributed by atoms with van der Waals surface area (Å²) in [6.45, 7) is 3.73. The molecular weight excluding hydrogens is 370 g/mol. The first-order valence-corrected chi connectivity index (χ1v) is 9.00. The van der Waals surface area contributed by atoms with Crippen LogP contribution in [0.2, 0.25) is 0 Å². The molecule has 3 rings (SSSR count). The van der Waals surface area contributed by atoms with Gasteiger partial charge in [-0.1, -0.05) is 17.3 Å². The van der Waals surface area contributed by atoms with Gasteiger partial charge in [-0.25, -0.2) is 18.3 Å². The molecule has 1 aliphatic heterocycles. The molecule has 1 aliphatic rings. The van der Waals surface area contributed by atoms with Crippen LogP contribution in [0.25, 0.3) is 0 Å². The smallest absolute Gasteiger partial charge is 0.322 e. The zero-order valence-electron chi connectivity index (χ0n) is 15.6. The number of aromatic nitrogens is 3. The molecule has 150 valence electrons. The first-order chi connectivity index (χ1) is 13.3. The van der Waals surface area contributed by atoms with Crippen LogP contribution in [0.4, 0.5) is 19.3 Å². The van der Waals surface area contributed by atoms with Crippen LogP contribution in [0.15, 0.2) is 30.5 Å². The second-order valence-corrected chi connectivity index (χ2v) is 7.00. The molecule has 2 aromatic rings. The predicted molar refractivity (Wildman–Crippen MR) is 98.0 cm³/mol. The summed E-state index contributed by atoms with van der Waals surface area (Å²) in [5.41, 5.74) is 0.174. The Kier molecular flexibility index (Phi) is 5.86. The molecule has 3 amide bonds. The molecule has 2 N–H and O–H groups in total. The zero-order valence-corrected chi connectivity index (χ0v) is 15.6. The number of hydrogen-bond donors (Lipinski definition) is 2. The minimum Gasteiger partial charge on any atom is -0.348 e. The van der Waals surface area contributed by atoms with Crippen LogP contribution in [-0.4, -0.2) is 56.6 Å². The summed E-state index contributed by atoms with van der Waals surface area (Å²) in [5, 5.41) is 12.9. The fraction of sp³-hybridized carbons (Fsp3) is 0.444. The number of carbonyl (C=O) groups is 2. The molecule has 8 nitrogen and oxygen atoms in total. The van der Waals surface area contributed by atoms with Gasteiger partial charge >= 0.3 is 6.03 Å². The van der Waals surface area contributed by atoms with Gasteiger partial charge < -0.3 is 15.5 Å². The number of nitrogens with zero attached hydrogens (tertiary/aromatic N) is 4.